The zero-order valence-corrected chi connectivity index (χ0v) is 14.5. The van der Waals surface area contributed by atoms with E-state index in [1.807, 2.05) is 0 Å². The van der Waals surface area contributed by atoms with Crippen LogP contribution >= 0.6 is 11.6 Å². The van der Waals surface area contributed by atoms with Gasteiger partial charge >= 0.3 is 0 Å². The lowest BCUT2D eigenvalue weighted by Gasteiger charge is -2.47. The molecule has 0 spiro atoms. The molecule has 1 amide bonds. The summed E-state index contributed by atoms with van der Waals surface area (Å²) in [6, 6.07) is 4.91. The van der Waals surface area contributed by atoms with Crippen molar-refractivity contribution in [2.45, 2.75) is 18.6 Å². The van der Waals surface area contributed by atoms with E-state index in [-0.39, 0.29) is 35.0 Å². The second-order valence-corrected chi connectivity index (χ2v) is 7.06. The van der Waals surface area contributed by atoms with Gasteiger partial charge in [-0.2, -0.15) is 0 Å². The molecule has 4 rings (SSSR count). The van der Waals surface area contributed by atoms with E-state index in [2.05, 4.69) is 10.3 Å². The van der Waals surface area contributed by atoms with E-state index in [0.29, 0.717) is 35.1 Å². The maximum Gasteiger partial charge on any atom is 0.257 e. The lowest BCUT2D eigenvalue weighted by atomic mass is 9.67. The number of amides is 1. The van der Waals surface area contributed by atoms with Gasteiger partial charge in [-0.25, -0.2) is 0 Å². The first-order valence-electron chi connectivity index (χ1n) is 8.32. The third kappa shape index (κ3) is 2.74. The number of rotatable bonds is 4. The average Bonchev–Trinajstić information content (AvgIpc) is 3.02. The summed E-state index contributed by atoms with van der Waals surface area (Å²) in [5.41, 5.74) is 0.414. The number of aromatic nitrogens is 1. The zero-order chi connectivity index (χ0) is 17.6. The van der Waals surface area contributed by atoms with Crippen LogP contribution in [0.5, 0.6) is 0 Å². The second kappa shape index (κ2) is 6.44. The molecule has 2 fully saturated rings. The second-order valence-electron chi connectivity index (χ2n) is 6.63. The van der Waals surface area contributed by atoms with Crippen molar-refractivity contribution >= 4 is 28.4 Å². The van der Waals surface area contributed by atoms with Gasteiger partial charge in [0.05, 0.1) is 18.2 Å². The van der Waals surface area contributed by atoms with E-state index in [1.54, 1.807) is 25.3 Å². The first-order chi connectivity index (χ1) is 12.1. The van der Waals surface area contributed by atoms with Crippen LogP contribution < -0.4 is 10.7 Å². The number of pyridine rings is 1. The van der Waals surface area contributed by atoms with Gasteiger partial charge in [-0.05, 0) is 24.6 Å². The summed E-state index contributed by atoms with van der Waals surface area (Å²) in [7, 11) is 1.64. The SMILES string of the molecule is COC[C@H]1[C@@H](NC(=O)c2c[nH]c3cc(Cl)ccc3c2=O)[C@H]2CCO[C@H]21. The first kappa shape index (κ1) is 16.6. The Hall–Kier alpha value is -1.89. The van der Waals surface area contributed by atoms with Crippen LogP contribution in [-0.2, 0) is 9.47 Å². The fraction of sp³-hybridized carbons (Fsp3) is 0.444. The molecule has 0 bridgehead atoms. The van der Waals surface area contributed by atoms with E-state index < -0.39 is 0 Å². The predicted molar refractivity (Wildman–Crippen MR) is 94.0 cm³/mol. The highest BCUT2D eigenvalue weighted by atomic mass is 35.5. The molecule has 2 N–H and O–H groups in total. The summed E-state index contributed by atoms with van der Waals surface area (Å²) in [5.74, 6) is 0.0526. The van der Waals surface area contributed by atoms with Gasteiger partial charge in [0.1, 0.15) is 5.56 Å². The van der Waals surface area contributed by atoms with Crippen molar-refractivity contribution in [1.82, 2.24) is 10.3 Å². The lowest BCUT2D eigenvalue weighted by molar-refractivity contribution is -0.0809. The first-order valence-corrected chi connectivity index (χ1v) is 8.70. The molecule has 4 atom stereocenters. The summed E-state index contributed by atoms with van der Waals surface area (Å²) < 4.78 is 11.0. The quantitative estimate of drug-likeness (QED) is 0.871. The standard InChI is InChI=1S/C18H19ClN2O4/c1-24-8-13-15(11-4-5-25-17(11)13)21-18(23)12-7-20-14-6-9(19)2-3-10(14)16(12)22/h2-3,6-7,11,13,15,17H,4-5,8H2,1H3,(H,20,22)(H,21,23)/t11-,13+,15+,17-/m1/s1. The smallest absolute Gasteiger partial charge is 0.257 e. The van der Waals surface area contributed by atoms with Gasteiger partial charge in [-0.15, -0.1) is 0 Å². The summed E-state index contributed by atoms with van der Waals surface area (Å²) >= 11 is 5.94. The molecule has 7 heteroatoms. The molecular formula is C18H19ClN2O4. The van der Waals surface area contributed by atoms with Crippen molar-refractivity contribution in [2.24, 2.45) is 11.8 Å². The van der Waals surface area contributed by atoms with Crippen LogP contribution in [0.2, 0.25) is 5.02 Å². The Balaban J connectivity index is 1.59. The number of hydrogen-bond donors (Lipinski definition) is 2. The van der Waals surface area contributed by atoms with Crippen molar-refractivity contribution in [2.75, 3.05) is 20.3 Å². The number of ether oxygens (including phenoxy) is 2. The largest absolute Gasteiger partial charge is 0.384 e. The molecule has 1 saturated carbocycles. The summed E-state index contributed by atoms with van der Waals surface area (Å²) in [6.07, 6.45) is 2.51. The highest BCUT2D eigenvalue weighted by molar-refractivity contribution is 6.31. The van der Waals surface area contributed by atoms with Gasteiger partial charge in [0.2, 0.25) is 5.43 Å². The molecule has 132 valence electrons. The van der Waals surface area contributed by atoms with Gasteiger partial charge in [0.15, 0.2) is 0 Å². The van der Waals surface area contributed by atoms with Gasteiger partial charge in [-0.3, -0.25) is 9.59 Å². The molecule has 1 saturated heterocycles. The molecule has 25 heavy (non-hydrogen) atoms. The molecule has 6 nitrogen and oxygen atoms in total. The Morgan fingerprint density at radius 1 is 1.48 bits per heavy atom. The Kier molecular flexibility index (Phi) is 4.27. The number of halogens is 1. The topological polar surface area (TPSA) is 80.4 Å². The highest BCUT2D eigenvalue weighted by Crippen LogP contribution is 2.43. The monoisotopic (exact) mass is 362 g/mol. The Morgan fingerprint density at radius 2 is 2.32 bits per heavy atom. The van der Waals surface area contributed by atoms with Crippen LogP contribution in [0.25, 0.3) is 10.9 Å². The number of benzene rings is 1. The molecule has 0 unspecified atom stereocenters. The van der Waals surface area contributed by atoms with Crippen LogP contribution in [0.3, 0.4) is 0 Å². The van der Waals surface area contributed by atoms with Crippen molar-refractivity contribution < 1.29 is 14.3 Å². The number of carbonyl (C=O) groups is 1. The molecule has 1 aromatic carbocycles. The third-order valence-electron chi connectivity index (χ3n) is 5.27. The fourth-order valence-corrected chi connectivity index (χ4v) is 4.20. The molecule has 2 aromatic rings. The Bertz CT molecular complexity index is 881. The minimum atomic E-state index is -0.366. The minimum Gasteiger partial charge on any atom is -0.384 e. The number of aromatic amines is 1. The van der Waals surface area contributed by atoms with Gasteiger partial charge in [0, 0.05) is 48.2 Å². The predicted octanol–water partition coefficient (Wildman–Crippen LogP) is 1.96. The summed E-state index contributed by atoms with van der Waals surface area (Å²) in [6.45, 7) is 1.23. The van der Waals surface area contributed by atoms with Gasteiger partial charge < -0.3 is 19.8 Å². The number of fused-ring (bicyclic) bond motifs is 2. The third-order valence-corrected chi connectivity index (χ3v) is 5.51. The Morgan fingerprint density at radius 3 is 3.12 bits per heavy atom. The van der Waals surface area contributed by atoms with E-state index >= 15 is 0 Å². The molecule has 0 radical (unpaired) electrons. The maximum atomic E-state index is 12.7. The van der Waals surface area contributed by atoms with Crippen molar-refractivity contribution in [3.63, 3.8) is 0 Å². The number of hydrogen-bond acceptors (Lipinski definition) is 4. The molecule has 2 aliphatic rings. The summed E-state index contributed by atoms with van der Waals surface area (Å²) in [4.78, 5) is 28.3. The fourth-order valence-electron chi connectivity index (χ4n) is 4.03. The Labute approximate surface area is 149 Å². The average molecular weight is 363 g/mol. The zero-order valence-electron chi connectivity index (χ0n) is 13.8. The summed E-state index contributed by atoms with van der Waals surface area (Å²) in [5, 5.41) is 3.99. The molecule has 1 aromatic heterocycles. The minimum absolute atomic E-state index is 0.0275. The number of nitrogens with one attached hydrogen (secondary N) is 2. The molecule has 2 heterocycles. The van der Waals surface area contributed by atoms with Crippen LogP contribution in [0.15, 0.2) is 29.2 Å². The van der Waals surface area contributed by atoms with Gasteiger partial charge in [-0.1, -0.05) is 11.6 Å². The van der Waals surface area contributed by atoms with E-state index in [4.69, 9.17) is 21.1 Å². The number of methoxy groups -OCH3 is 1. The number of H-pyrrole nitrogens is 1. The van der Waals surface area contributed by atoms with E-state index in [1.165, 1.54) is 6.20 Å². The van der Waals surface area contributed by atoms with Crippen molar-refractivity contribution in [3.05, 3.63) is 45.2 Å². The molecule has 1 aliphatic carbocycles. The molecular weight excluding hydrogens is 344 g/mol. The molecule has 1 aliphatic heterocycles. The van der Waals surface area contributed by atoms with E-state index in [9.17, 15) is 9.59 Å². The normalized spacial score (nSPS) is 27.8. The van der Waals surface area contributed by atoms with Crippen LogP contribution in [0.1, 0.15) is 16.8 Å². The van der Waals surface area contributed by atoms with E-state index in [0.717, 1.165) is 6.42 Å². The number of carbonyl (C=O) groups excluding carboxylic acids is 1. The van der Waals surface area contributed by atoms with Crippen LogP contribution in [0, 0.1) is 11.8 Å². The van der Waals surface area contributed by atoms with Crippen molar-refractivity contribution in [1.29, 1.82) is 0 Å². The lowest BCUT2D eigenvalue weighted by Crippen LogP contribution is -2.63. The van der Waals surface area contributed by atoms with Crippen molar-refractivity contribution in [3.8, 4) is 0 Å². The van der Waals surface area contributed by atoms with Crippen LogP contribution in [-0.4, -0.2) is 43.4 Å². The highest BCUT2D eigenvalue weighted by Gasteiger charge is 2.54. The van der Waals surface area contributed by atoms with Gasteiger partial charge in [0.25, 0.3) is 5.91 Å². The maximum absolute atomic E-state index is 12.7. The van der Waals surface area contributed by atoms with Crippen LogP contribution in [0.4, 0.5) is 0 Å².